The summed E-state index contributed by atoms with van der Waals surface area (Å²) in [5, 5.41) is 4.22. The van der Waals surface area contributed by atoms with Gasteiger partial charge in [0.05, 0.1) is 11.6 Å². The highest BCUT2D eigenvalue weighted by Gasteiger charge is 2.21. The predicted molar refractivity (Wildman–Crippen MR) is 64.5 cm³/mol. The smallest absolute Gasteiger partial charge is 0.0634 e. The van der Waals surface area contributed by atoms with Crippen LogP contribution in [0.15, 0.2) is 18.5 Å². The summed E-state index contributed by atoms with van der Waals surface area (Å²) in [6, 6.07) is 2.42. The molecule has 0 radical (unpaired) electrons. The number of halogens is 1. The van der Waals surface area contributed by atoms with E-state index in [1.807, 2.05) is 6.07 Å². The third kappa shape index (κ3) is 2.94. The molecule has 1 N–H and O–H groups in total. The van der Waals surface area contributed by atoms with Gasteiger partial charge in [-0.25, -0.2) is 0 Å². The largest absolute Gasteiger partial charge is 0.381 e. The summed E-state index contributed by atoms with van der Waals surface area (Å²) in [7, 11) is 0. The highest BCUT2D eigenvalue weighted by atomic mass is 35.5. The van der Waals surface area contributed by atoms with Crippen LogP contribution in [-0.2, 0) is 11.3 Å². The van der Waals surface area contributed by atoms with Crippen molar-refractivity contribution in [2.75, 3.05) is 13.2 Å². The standard InChI is InChI=1S/C12H17ClN2O/c1-9(11-3-5-16-8-11)15-6-10-2-4-14-7-12(10)13/h2,4,7,9,11,15H,3,5-6,8H2,1H3. The Labute approximate surface area is 101 Å². The zero-order chi connectivity index (χ0) is 11.4. The van der Waals surface area contributed by atoms with Gasteiger partial charge in [-0.1, -0.05) is 11.6 Å². The molecule has 0 aromatic carbocycles. The Bertz CT molecular complexity index is 340. The fourth-order valence-electron chi connectivity index (χ4n) is 1.93. The number of rotatable bonds is 4. The average Bonchev–Trinajstić information content (AvgIpc) is 2.81. The van der Waals surface area contributed by atoms with Gasteiger partial charge in [-0.3, -0.25) is 4.98 Å². The molecule has 1 saturated heterocycles. The molecule has 2 heterocycles. The maximum Gasteiger partial charge on any atom is 0.0634 e. The normalized spacial score (nSPS) is 22.2. The summed E-state index contributed by atoms with van der Waals surface area (Å²) in [6.07, 6.45) is 4.60. The molecule has 0 bridgehead atoms. The minimum Gasteiger partial charge on any atom is -0.381 e. The van der Waals surface area contributed by atoms with Crippen molar-refractivity contribution in [2.45, 2.75) is 25.9 Å². The Kier molecular flexibility index (Phi) is 4.16. The fraction of sp³-hybridized carbons (Fsp3) is 0.583. The molecule has 16 heavy (non-hydrogen) atoms. The number of pyridine rings is 1. The lowest BCUT2D eigenvalue weighted by atomic mass is 10.0. The topological polar surface area (TPSA) is 34.2 Å². The van der Waals surface area contributed by atoms with Crippen LogP contribution in [0.25, 0.3) is 0 Å². The van der Waals surface area contributed by atoms with E-state index >= 15 is 0 Å². The molecule has 1 fully saturated rings. The van der Waals surface area contributed by atoms with Gasteiger partial charge in [-0.2, -0.15) is 0 Å². The Morgan fingerprint density at radius 2 is 2.56 bits per heavy atom. The number of nitrogens with one attached hydrogen (secondary N) is 1. The third-order valence-corrected chi connectivity index (χ3v) is 3.48. The molecule has 0 spiro atoms. The molecular formula is C12H17ClN2O. The molecule has 4 heteroatoms. The van der Waals surface area contributed by atoms with Crippen molar-refractivity contribution in [3.05, 3.63) is 29.0 Å². The van der Waals surface area contributed by atoms with Crippen LogP contribution in [0.1, 0.15) is 18.9 Å². The fourth-order valence-corrected chi connectivity index (χ4v) is 2.12. The molecule has 2 atom stereocenters. The van der Waals surface area contributed by atoms with E-state index in [1.165, 1.54) is 0 Å². The van der Waals surface area contributed by atoms with Gasteiger partial charge in [0.15, 0.2) is 0 Å². The van der Waals surface area contributed by atoms with Gasteiger partial charge >= 0.3 is 0 Å². The Hall–Kier alpha value is -0.640. The third-order valence-electron chi connectivity index (χ3n) is 3.14. The molecule has 1 aliphatic rings. The van der Waals surface area contributed by atoms with Gasteiger partial charge < -0.3 is 10.1 Å². The van der Waals surface area contributed by atoms with Crippen LogP contribution in [0, 0.1) is 5.92 Å². The first-order valence-electron chi connectivity index (χ1n) is 5.67. The minimum absolute atomic E-state index is 0.465. The second-order valence-corrected chi connectivity index (χ2v) is 4.67. The van der Waals surface area contributed by atoms with Crippen LogP contribution >= 0.6 is 11.6 Å². The summed E-state index contributed by atoms with van der Waals surface area (Å²) in [4.78, 5) is 3.97. The summed E-state index contributed by atoms with van der Waals surface area (Å²) in [6.45, 7) is 4.76. The summed E-state index contributed by atoms with van der Waals surface area (Å²) < 4.78 is 5.38. The molecule has 0 aliphatic carbocycles. The van der Waals surface area contributed by atoms with Crippen LogP contribution in [-0.4, -0.2) is 24.2 Å². The molecule has 1 aromatic rings. The van der Waals surface area contributed by atoms with Crippen molar-refractivity contribution in [2.24, 2.45) is 5.92 Å². The van der Waals surface area contributed by atoms with Crippen LogP contribution in [0.3, 0.4) is 0 Å². The maximum absolute atomic E-state index is 6.04. The zero-order valence-electron chi connectivity index (χ0n) is 9.45. The molecule has 1 aromatic heterocycles. The molecule has 3 nitrogen and oxygen atoms in total. The van der Waals surface area contributed by atoms with Crippen LogP contribution in [0.5, 0.6) is 0 Å². The van der Waals surface area contributed by atoms with Crippen LogP contribution < -0.4 is 5.32 Å². The van der Waals surface area contributed by atoms with E-state index < -0.39 is 0 Å². The van der Waals surface area contributed by atoms with Crippen molar-refractivity contribution in [3.8, 4) is 0 Å². The number of ether oxygens (including phenoxy) is 1. The molecule has 88 valence electrons. The number of nitrogens with zero attached hydrogens (tertiary/aromatic N) is 1. The van der Waals surface area contributed by atoms with E-state index in [9.17, 15) is 0 Å². The Morgan fingerprint density at radius 1 is 1.69 bits per heavy atom. The molecule has 2 unspecified atom stereocenters. The summed E-state index contributed by atoms with van der Waals surface area (Å²) >= 11 is 6.04. The highest BCUT2D eigenvalue weighted by Crippen LogP contribution is 2.18. The van der Waals surface area contributed by atoms with Crippen molar-refractivity contribution in [1.29, 1.82) is 0 Å². The first-order valence-corrected chi connectivity index (χ1v) is 6.04. The zero-order valence-corrected chi connectivity index (χ0v) is 10.2. The lowest BCUT2D eigenvalue weighted by Gasteiger charge is -2.19. The van der Waals surface area contributed by atoms with E-state index in [0.717, 1.165) is 36.8 Å². The quantitative estimate of drug-likeness (QED) is 0.877. The molecule has 0 saturated carbocycles. The lowest BCUT2D eigenvalue weighted by molar-refractivity contribution is 0.178. The number of aromatic nitrogens is 1. The summed E-state index contributed by atoms with van der Waals surface area (Å²) in [5.41, 5.74) is 1.10. The van der Waals surface area contributed by atoms with Crippen molar-refractivity contribution in [3.63, 3.8) is 0 Å². The minimum atomic E-state index is 0.465. The molecule has 2 rings (SSSR count). The SMILES string of the molecule is CC(NCc1ccncc1Cl)C1CCOC1. The van der Waals surface area contributed by atoms with E-state index in [2.05, 4.69) is 17.2 Å². The van der Waals surface area contributed by atoms with E-state index in [1.54, 1.807) is 12.4 Å². The van der Waals surface area contributed by atoms with Gasteiger partial charge in [0.1, 0.15) is 0 Å². The predicted octanol–water partition coefficient (Wildman–Crippen LogP) is 2.25. The van der Waals surface area contributed by atoms with Gasteiger partial charge in [-0.05, 0) is 30.9 Å². The Morgan fingerprint density at radius 3 is 3.25 bits per heavy atom. The first kappa shape index (κ1) is 11.8. The van der Waals surface area contributed by atoms with Crippen molar-refractivity contribution < 1.29 is 4.74 Å². The van der Waals surface area contributed by atoms with Gasteiger partial charge in [0.25, 0.3) is 0 Å². The maximum atomic E-state index is 6.04. The molecular weight excluding hydrogens is 224 g/mol. The van der Waals surface area contributed by atoms with Gasteiger partial charge in [0.2, 0.25) is 0 Å². The van der Waals surface area contributed by atoms with Gasteiger partial charge in [0, 0.05) is 31.6 Å². The van der Waals surface area contributed by atoms with Crippen molar-refractivity contribution >= 4 is 11.6 Å². The number of hydrogen-bond acceptors (Lipinski definition) is 3. The summed E-state index contributed by atoms with van der Waals surface area (Å²) in [5.74, 6) is 0.626. The molecule has 0 amide bonds. The van der Waals surface area contributed by atoms with E-state index in [4.69, 9.17) is 16.3 Å². The van der Waals surface area contributed by atoms with Gasteiger partial charge in [-0.15, -0.1) is 0 Å². The van der Waals surface area contributed by atoms with Crippen LogP contribution in [0.2, 0.25) is 5.02 Å². The second-order valence-electron chi connectivity index (χ2n) is 4.26. The van der Waals surface area contributed by atoms with Crippen molar-refractivity contribution in [1.82, 2.24) is 10.3 Å². The average molecular weight is 241 g/mol. The number of hydrogen-bond donors (Lipinski definition) is 1. The molecule has 1 aliphatic heterocycles. The van der Waals surface area contributed by atoms with E-state index in [0.29, 0.717) is 12.0 Å². The van der Waals surface area contributed by atoms with Crippen LogP contribution in [0.4, 0.5) is 0 Å². The second kappa shape index (κ2) is 5.62. The monoisotopic (exact) mass is 240 g/mol. The first-order chi connectivity index (χ1) is 7.77. The lowest BCUT2D eigenvalue weighted by Crippen LogP contribution is -2.33. The van der Waals surface area contributed by atoms with E-state index in [-0.39, 0.29) is 0 Å². The Balaban J connectivity index is 1.84. The highest BCUT2D eigenvalue weighted by molar-refractivity contribution is 6.31.